The average Bonchev–Trinajstić information content (AvgIpc) is 3.34. The van der Waals surface area contributed by atoms with Crippen molar-refractivity contribution < 1.29 is 22.7 Å². The minimum atomic E-state index is -4.41. The largest absolute Gasteiger partial charge is 0.491 e. The van der Waals surface area contributed by atoms with E-state index < -0.39 is 11.7 Å². The minimum Gasteiger partial charge on any atom is -0.491 e. The van der Waals surface area contributed by atoms with Crippen LogP contribution in [-0.2, 0) is 13.2 Å². The number of carbonyl (C=O) groups is 1. The van der Waals surface area contributed by atoms with Gasteiger partial charge in [-0.05, 0) is 49.4 Å². The lowest BCUT2D eigenvalue weighted by molar-refractivity contribution is -0.137. The number of hydrogen-bond donors (Lipinski definition) is 0. The fourth-order valence-electron chi connectivity index (χ4n) is 4.23. The van der Waals surface area contributed by atoms with Gasteiger partial charge in [-0.2, -0.15) is 18.3 Å². The van der Waals surface area contributed by atoms with Gasteiger partial charge in [0, 0.05) is 19.3 Å². The third kappa shape index (κ3) is 3.40. The molecule has 0 unspecified atom stereocenters. The van der Waals surface area contributed by atoms with Crippen LogP contribution in [0.1, 0.15) is 35.3 Å². The standard InChI is InChI=1S/C19H20F3N3O2/c1-24-8-7-16(23-24)18(26)25-14-6-5-12(9-14)17(25)11-27-15-4-2-3-13(10-15)19(20,21)22/h2-4,7-8,10,12,14,17H,5-6,9,11H2,1H3/t12-,14-,17-/m1/s1. The molecular formula is C19H20F3N3O2. The summed E-state index contributed by atoms with van der Waals surface area (Å²) in [6, 6.07) is 6.54. The fraction of sp³-hybridized carbons (Fsp3) is 0.474. The monoisotopic (exact) mass is 379 g/mol. The summed E-state index contributed by atoms with van der Waals surface area (Å²) in [6.45, 7) is 0.182. The summed E-state index contributed by atoms with van der Waals surface area (Å²) in [6.07, 6.45) is 0.175. The number of fused-ring (bicyclic) bond motifs is 2. The van der Waals surface area contributed by atoms with E-state index >= 15 is 0 Å². The number of halogens is 3. The van der Waals surface area contributed by atoms with E-state index in [0.717, 1.165) is 31.4 Å². The van der Waals surface area contributed by atoms with Gasteiger partial charge in [0.15, 0.2) is 0 Å². The second-order valence-corrected chi connectivity index (χ2v) is 7.22. The van der Waals surface area contributed by atoms with Crippen molar-refractivity contribution in [2.75, 3.05) is 6.61 Å². The lowest BCUT2D eigenvalue weighted by atomic mass is 9.99. The molecule has 1 saturated heterocycles. The smallest absolute Gasteiger partial charge is 0.416 e. The van der Waals surface area contributed by atoms with Crippen LogP contribution in [0.5, 0.6) is 5.75 Å². The summed E-state index contributed by atoms with van der Waals surface area (Å²) >= 11 is 0. The van der Waals surface area contributed by atoms with E-state index in [0.29, 0.717) is 11.6 Å². The first-order chi connectivity index (χ1) is 12.8. The first-order valence-electron chi connectivity index (χ1n) is 8.95. The molecule has 5 nitrogen and oxygen atoms in total. The fourth-order valence-corrected chi connectivity index (χ4v) is 4.23. The SMILES string of the molecule is Cn1ccc(C(=O)N2[C@@H]3CC[C@H](C3)[C@H]2COc2cccc(C(F)(F)F)c2)n1. The van der Waals surface area contributed by atoms with Crippen LogP contribution in [0.3, 0.4) is 0 Å². The third-order valence-corrected chi connectivity index (χ3v) is 5.49. The molecule has 1 aliphatic heterocycles. The molecule has 4 rings (SSSR count). The lowest BCUT2D eigenvalue weighted by Gasteiger charge is -2.34. The molecule has 2 bridgehead atoms. The molecule has 2 heterocycles. The molecule has 2 fully saturated rings. The Morgan fingerprint density at radius 3 is 2.81 bits per heavy atom. The van der Waals surface area contributed by atoms with Crippen LogP contribution in [0.2, 0.25) is 0 Å². The summed E-state index contributed by atoms with van der Waals surface area (Å²) < 4.78 is 45.9. The number of likely N-dealkylation sites (tertiary alicyclic amines) is 1. The number of hydrogen-bond acceptors (Lipinski definition) is 3. The predicted octanol–water partition coefficient (Wildman–Crippen LogP) is 3.51. The van der Waals surface area contributed by atoms with Crippen molar-refractivity contribution in [3.05, 3.63) is 47.8 Å². The second-order valence-electron chi connectivity index (χ2n) is 7.22. The highest BCUT2D eigenvalue weighted by Crippen LogP contribution is 2.43. The van der Waals surface area contributed by atoms with E-state index in [4.69, 9.17) is 4.74 Å². The number of rotatable bonds is 4. The minimum absolute atomic E-state index is 0.138. The summed E-state index contributed by atoms with van der Waals surface area (Å²) in [5.74, 6) is 0.340. The van der Waals surface area contributed by atoms with Gasteiger partial charge in [0.2, 0.25) is 0 Å². The van der Waals surface area contributed by atoms with Crippen LogP contribution in [0, 0.1) is 5.92 Å². The molecule has 2 aliphatic rings. The van der Waals surface area contributed by atoms with E-state index in [1.165, 1.54) is 12.1 Å². The molecule has 0 radical (unpaired) electrons. The molecule has 1 aliphatic carbocycles. The number of aryl methyl sites for hydroxylation is 1. The van der Waals surface area contributed by atoms with Gasteiger partial charge in [0.1, 0.15) is 18.1 Å². The quantitative estimate of drug-likeness (QED) is 0.817. The van der Waals surface area contributed by atoms with Gasteiger partial charge in [-0.15, -0.1) is 0 Å². The molecule has 8 heteroatoms. The third-order valence-electron chi connectivity index (χ3n) is 5.49. The number of nitrogens with zero attached hydrogens (tertiary/aromatic N) is 3. The lowest BCUT2D eigenvalue weighted by Crippen LogP contribution is -2.48. The zero-order valence-corrected chi connectivity index (χ0v) is 14.8. The van der Waals surface area contributed by atoms with Crippen LogP contribution >= 0.6 is 0 Å². The molecular weight excluding hydrogens is 359 g/mol. The van der Waals surface area contributed by atoms with Crippen molar-refractivity contribution >= 4 is 5.91 Å². The van der Waals surface area contributed by atoms with Crippen LogP contribution in [0.15, 0.2) is 36.5 Å². The Balaban J connectivity index is 1.50. The van der Waals surface area contributed by atoms with Crippen LogP contribution in [0.25, 0.3) is 0 Å². The maximum Gasteiger partial charge on any atom is 0.416 e. The number of ether oxygens (including phenoxy) is 1. The summed E-state index contributed by atoms with van der Waals surface area (Å²) in [5.41, 5.74) is -0.358. The Hall–Kier alpha value is -2.51. The number of alkyl halides is 3. The molecule has 27 heavy (non-hydrogen) atoms. The number of benzene rings is 1. The van der Waals surface area contributed by atoms with E-state index in [2.05, 4.69) is 5.10 Å². The average molecular weight is 379 g/mol. The van der Waals surface area contributed by atoms with Crippen molar-refractivity contribution in [2.45, 2.75) is 37.5 Å². The molecule has 0 spiro atoms. The van der Waals surface area contributed by atoms with Crippen molar-refractivity contribution in [3.63, 3.8) is 0 Å². The highest BCUT2D eigenvalue weighted by atomic mass is 19.4. The van der Waals surface area contributed by atoms with Crippen LogP contribution < -0.4 is 4.74 Å². The van der Waals surface area contributed by atoms with Crippen LogP contribution in [0.4, 0.5) is 13.2 Å². The molecule has 0 N–H and O–H groups in total. The zero-order chi connectivity index (χ0) is 19.2. The Kier molecular flexibility index (Phi) is 4.36. The Labute approximate surface area is 154 Å². The van der Waals surface area contributed by atoms with Gasteiger partial charge in [-0.3, -0.25) is 9.48 Å². The first-order valence-corrected chi connectivity index (χ1v) is 8.95. The molecule has 1 saturated carbocycles. The Morgan fingerprint density at radius 2 is 2.11 bits per heavy atom. The molecule has 1 aromatic carbocycles. The Morgan fingerprint density at radius 1 is 1.30 bits per heavy atom. The number of aromatic nitrogens is 2. The zero-order valence-electron chi connectivity index (χ0n) is 14.8. The van der Waals surface area contributed by atoms with Crippen molar-refractivity contribution in [1.29, 1.82) is 0 Å². The van der Waals surface area contributed by atoms with E-state index in [9.17, 15) is 18.0 Å². The van der Waals surface area contributed by atoms with Crippen LogP contribution in [-0.4, -0.2) is 39.3 Å². The van der Waals surface area contributed by atoms with E-state index in [-0.39, 0.29) is 30.3 Å². The molecule has 144 valence electrons. The highest BCUT2D eigenvalue weighted by Gasteiger charge is 2.48. The van der Waals surface area contributed by atoms with Crippen molar-refractivity contribution in [1.82, 2.24) is 14.7 Å². The predicted molar refractivity (Wildman–Crippen MR) is 91.2 cm³/mol. The highest BCUT2D eigenvalue weighted by molar-refractivity contribution is 5.93. The van der Waals surface area contributed by atoms with E-state index in [1.807, 2.05) is 4.90 Å². The normalized spacial score (nSPS) is 24.4. The summed E-state index contributed by atoms with van der Waals surface area (Å²) in [4.78, 5) is 14.7. The van der Waals surface area contributed by atoms with Crippen molar-refractivity contribution in [3.8, 4) is 5.75 Å². The second kappa shape index (κ2) is 6.58. The molecule has 3 atom stereocenters. The topological polar surface area (TPSA) is 47.4 Å². The van der Waals surface area contributed by atoms with Gasteiger partial charge in [0.25, 0.3) is 5.91 Å². The summed E-state index contributed by atoms with van der Waals surface area (Å²) in [5, 5.41) is 4.19. The number of amides is 1. The number of carbonyl (C=O) groups excluding carboxylic acids is 1. The van der Waals surface area contributed by atoms with Gasteiger partial charge < -0.3 is 9.64 Å². The Bertz CT molecular complexity index is 849. The summed E-state index contributed by atoms with van der Waals surface area (Å²) in [7, 11) is 1.75. The molecule has 1 aromatic heterocycles. The van der Waals surface area contributed by atoms with E-state index in [1.54, 1.807) is 24.0 Å². The molecule has 2 aromatic rings. The molecule has 1 amide bonds. The van der Waals surface area contributed by atoms with Crippen molar-refractivity contribution in [2.24, 2.45) is 13.0 Å². The van der Waals surface area contributed by atoms with Gasteiger partial charge >= 0.3 is 6.18 Å². The van der Waals surface area contributed by atoms with Gasteiger partial charge in [-0.1, -0.05) is 6.07 Å². The van der Waals surface area contributed by atoms with Gasteiger partial charge in [0.05, 0.1) is 11.6 Å². The first kappa shape index (κ1) is 17.9. The number of piperidine rings is 1. The van der Waals surface area contributed by atoms with Gasteiger partial charge in [-0.25, -0.2) is 0 Å². The maximum absolute atomic E-state index is 12.9. The maximum atomic E-state index is 12.9.